The average molecular weight is 380 g/mol. The molecule has 7 heteroatoms. The number of aliphatic hydroxyl groups is 1. The summed E-state index contributed by atoms with van der Waals surface area (Å²) in [6.45, 7) is 2.21. The van der Waals surface area contributed by atoms with Crippen molar-refractivity contribution < 1.29 is 19.6 Å². The first kappa shape index (κ1) is 19.3. The number of unbranched alkanes of at least 4 members (excludes halogenated alkanes) is 1. The standard InChI is InChI=1S/C21H20N2O5/c1-2-3-13-22-18(15-11-7-8-12-16(15)23(27)28)17(20(25)21(22)26)19(24)14-9-5-4-6-10-14/h4-12,18,24H,2-3,13H2,1H3/b19-17+/t18-/m1/s1. The van der Waals surface area contributed by atoms with Crippen LogP contribution < -0.4 is 0 Å². The maximum absolute atomic E-state index is 12.8. The number of nitrogens with zero attached hydrogens (tertiary/aromatic N) is 2. The molecule has 0 spiro atoms. The third kappa shape index (κ3) is 3.38. The second-order valence-electron chi connectivity index (χ2n) is 6.53. The fourth-order valence-electron chi connectivity index (χ4n) is 3.40. The lowest BCUT2D eigenvalue weighted by Gasteiger charge is -2.25. The molecular formula is C21H20N2O5. The summed E-state index contributed by atoms with van der Waals surface area (Å²) in [5.74, 6) is -1.92. The topological polar surface area (TPSA) is 101 Å². The highest BCUT2D eigenvalue weighted by molar-refractivity contribution is 6.46. The van der Waals surface area contributed by atoms with Crippen molar-refractivity contribution in [2.24, 2.45) is 0 Å². The van der Waals surface area contributed by atoms with Crippen LogP contribution in [0.2, 0.25) is 0 Å². The van der Waals surface area contributed by atoms with E-state index < -0.39 is 22.7 Å². The number of nitro benzene ring substituents is 1. The predicted molar refractivity (Wildman–Crippen MR) is 103 cm³/mol. The molecule has 2 aromatic carbocycles. The van der Waals surface area contributed by atoms with Crippen LogP contribution in [0.5, 0.6) is 0 Å². The number of para-hydroxylation sites is 1. The molecule has 28 heavy (non-hydrogen) atoms. The van der Waals surface area contributed by atoms with Crippen LogP contribution in [-0.4, -0.2) is 33.2 Å². The number of carbonyl (C=O) groups excluding carboxylic acids is 2. The third-order valence-electron chi connectivity index (χ3n) is 4.77. The van der Waals surface area contributed by atoms with E-state index >= 15 is 0 Å². The quantitative estimate of drug-likeness (QED) is 0.270. The first-order valence-corrected chi connectivity index (χ1v) is 9.04. The Morgan fingerprint density at radius 1 is 1.11 bits per heavy atom. The number of aliphatic hydroxyl groups excluding tert-OH is 1. The minimum absolute atomic E-state index is 0.124. The molecular weight excluding hydrogens is 360 g/mol. The first-order chi connectivity index (χ1) is 13.5. The number of hydrogen-bond acceptors (Lipinski definition) is 5. The normalized spacial score (nSPS) is 18.5. The third-order valence-corrected chi connectivity index (χ3v) is 4.77. The fourth-order valence-corrected chi connectivity index (χ4v) is 3.40. The molecule has 0 radical (unpaired) electrons. The number of nitro groups is 1. The Labute approximate surface area is 162 Å². The molecule has 0 saturated carbocycles. The maximum atomic E-state index is 12.8. The van der Waals surface area contributed by atoms with E-state index in [9.17, 15) is 24.8 Å². The Hall–Kier alpha value is -3.48. The Kier molecular flexibility index (Phi) is 5.54. The number of amides is 1. The van der Waals surface area contributed by atoms with Crippen molar-refractivity contribution in [1.82, 2.24) is 4.90 Å². The van der Waals surface area contributed by atoms with Gasteiger partial charge in [-0.3, -0.25) is 19.7 Å². The van der Waals surface area contributed by atoms with Gasteiger partial charge in [-0.15, -0.1) is 0 Å². The van der Waals surface area contributed by atoms with Gasteiger partial charge in [-0.2, -0.15) is 0 Å². The van der Waals surface area contributed by atoms with E-state index in [1.807, 2.05) is 6.92 Å². The fraction of sp³-hybridized carbons (Fsp3) is 0.238. The van der Waals surface area contributed by atoms with Gasteiger partial charge in [0.25, 0.3) is 17.4 Å². The molecule has 7 nitrogen and oxygen atoms in total. The lowest BCUT2D eigenvalue weighted by molar-refractivity contribution is -0.385. The molecule has 1 fully saturated rings. The van der Waals surface area contributed by atoms with Crippen molar-refractivity contribution in [3.05, 3.63) is 81.4 Å². The van der Waals surface area contributed by atoms with Crippen LogP contribution in [0, 0.1) is 10.1 Å². The summed E-state index contributed by atoms with van der Waals surface area (Å²) in [5, 5.41) is 22.4. The number of likely N-dealkylation sites (tertiary alicyclic amines) is 1. The monoisotopic (exact) mass is 380 g/mol. The molecule has 0 bridgehead atoms. The van der Waals surface area contributed by atoms with Crippen LogP contribution in [0.3, 0.4) is 0 Å². The van der Waals surface area contributed by atoms with Gasteiger partial charge >= 0.3 is 0 Å². The molecule has 1 atom stereocenters. The molecule has 0 aliphatic carbocycles. The van der Waals surface area contributed by atoms with Crippen molar-refractivity contribution in [2.45, 2.75) is 25.8 Å². The van der Waals surface area contributed by atoms with Gasteiger partial charge in [0.2, 0.25) is 0 Å². The molecule has 1 saturated heterocycles. The van der Waals surface area contributed by atoms with Crippen molar-refractivity contribution in [2.75, 3.05) is 6.54 Å². The Morgan fingerprint density at radius 3 is 2.39 bits per heavy atom. The minimum Gasteiger partial charge on any atom is -0.507 e. The van der Waals surface area contributed by atoms with Gasteiger partial charge in [-0.25, -0.2) is 0 Å². The van der Waals surface area contributed by atoms with Crippen LogP contribution in [0.15, 0.2) is 60.2 Å². The predicted octanol–water partition coefficient (Wildman–Crippen LogP) is 3.82. The minimum atomic E-state index is -1.01. The second-order valence-corrected chi connectivity index (χ2v) is 6.53. The molecule has 1 amide bonds. The van der Waals surface area contributed by atoms with Crippen molar-refractivity contribution in [3.63, 3.8) is 0 Å². The lowest BCUT2D eigenvalue weighted by Crippen LogP contribution is -2.30. The number of rotatable bonds is 6. The SMILES string of the molecule is CCCCN1C(=O)C(=O)/C(=C(/O)c2ccccc2)[C@H]1c1ccccc1[N+](=O)[O-]. The van der Waals surface area contributed by atoms with Crippen molar-refractivity contribution in [1.29, 1.82) is 0 Å². The summed E-state index contributed by atoms with van der Waals surface area (Å²) in [7, 11) is 0. The molecule has 1 aliphatic heterocycles. The Morgan fingerprint density at radius 2 is 1.75 bits per heavy atom. The highest BCUT2D eigenvalue weighted by Crippen LogP contribution is 2.42. The van der Waals surface area contributed by atoms with Gasteiger partial charge in [0.15, 0.2) is 0 Å². The van der Waals surface area contributed by atoms with Crippen LogP contribution in [0.25, 0.3) is 5.76 Å². The number of hydrogen-bond donors (Lipinski definition) is 1. The van der Waals surface area contributed by atoms with Crippen LogP contribution in [0.1, 0.15) is 36.9 Å². The molecule has 3 rings (SSSR count). The van der Waals surface area contributed by atoms with Crippen molar-refractivity contribution >= 4 is 23.1 Å². The van der Waals surface area contributed by atoms with E-state index in [4.69, 9.17) is 0 Å². The summed E-state index contributed by atoms with van der Waals surface area (Å²) >= 11 is 0. The molecule has 0 unspecified atom stereocenters. The van der Waals surface area contributed by atoms with E-state index in [1.54, 1.807) is 36.4 Å². The highest BCUT2D eigenvalue weighted by Gasteiger charge is 2.47. The maximum Gasteiger partial charge on any atom is 0.295 e. The van der Waals surface area contributed by atoms with E-state index in [2.05, 4.69) is 0 Å². The summed E-state index contributed by atoms with van der Waals surface area (Å²) in [6, 6.07) is 13.4. The number of benzene rings is 2. The molecule has 1 N–H and O–H groups in total. The lowest BCUT2D eigenvalue weighted by atomic mass is 9.94. The zero-order valence-electron chi connectivity index (χ0n) is 15.4. The van der Waals surface area contributed by atoms with E-state index in [1.165, 1.54) is 23.1 Å². The van der Waals surface area contributed by atoms with Crippen LogP contribution >= 0.6 is 0 Å². The highest BCUT2D eigenvalue weighted by atomic mass is 16.6. The number of Topliss-reactive ketones (excluding diaryl/α,β-unsaturated/α-hetero) is 1. The summed E-state index contributed by atoms with van der Waals surface area (Å²) in [6.07, 6.45) is 1.42. The zero-order valence-corrected chi connectivity index (χ0v) is 15.4. The van der Waals surface area contributed by atoms with E-state index in [0.29, 0.717) is 12.0 Å². The van der Waals surface area contributed by atoms with Crippen LogP contribution in [0.4, 0.5) is 5.69 Å². The molecule has 1 aliphatic rings. The molecule has 0 aromatic heterocycles. The van der Waals surface area contributed by atoms with Gasteiger partial charge in [0.05, 0.1) is 22.1 Å². The molecule has 1 heterocycles. The van der Waals surface area contributed by atoms with Crippen LogP contribution in [-0.2, 0) is 9.59 Å². The zero-order chi connectivity index (χ0) is 20.3. The Bertz CT molecular complexity index is 952. The van der Waals surface area contributed by atoms with Crippen molar-refractivity contribution in [3.8, 4) is 0 Å². The van der Waals surface area contributed by atoms with E-state index in [-0.39, 0.29) is 29.1 Å². The smallest absolute Gasteiger partial charge is 0.295 e. The van der Waals surface area contributed by atoms with Gasteiger partial charge in [0, 0.05) is 18.2 Å². The summed E-state index contributed by atoms with van der Waals surface area (Å²) < 4.78 is 0. The van der Waals surface area contributed by atoms with Gasteiger partial charge in [0.1, 0.15) is 5.76 Å². The molecule has 144 valence electrons. The Balaban J connectivity index is 2.24. The first-order valence-electron chi connectivity index (χ1n) is 9.04. The number of ketones is 1. The second kappa shape index (κ2) is 8.04. The van der Waals surface area contributed by atoms with Gasteiger partial charge < -0.3 is 10.0 Å². The summed E-state index contributed by atoms with van der Waals surface area (Å²) in [4.78, 5) is 37.8. The van der Waals surface area contributed by atoms with E-state index in [0.717, 1.165) is 6.42 Å². The molecule has 2 aromatic rings. The number of carbonyl (C=O) groups is 2. The average Bonchev–Trinajstić information content (AvgIpc) is 2.96. The summed E-state index contributed by atoms with van der Waals surface area (Å²) in [5.41, 5.74) is 0.260. The van der Waals surface area contributed by atoms with Gasteiger partial charge in [-0.05, 0) is 12.5 Å². The van der Waals surface area contributed by atoms with Gasteiger partial charge in [-0.1, -0.05) is 55.8 Å². The largest absolute Gasteiger partial charge is 0.507 e.